The number of carbonyl (C=O) groups excluding carboxylic acids is 1. The lowest BCUT2D eigenvalue weighted by molar-refractivity contribution is -0.164. The van der Waals surface area contributed by atoms with Gasteiger partial charge in [-0.3, -0.25) is 14.4 Å². The number of hydrogen-bond donors (Lipinski definition) is 1. The number of aryl methyl sites for hydroxylation is 1. The second-order valence-corrected chi connectivity index (χ2v) is 5.49. The fourth-order valence-corrected chi connectivity index (χ4v) is 2.61. The Balaban J connectivity index is 1.81. The van der Waals surface area contributed by atoms with Crippen LogP contribution in [0.25, 0.3) is 0 Å². The van der Waals surface area contributed by atoms with Crippen molar-refractivity contribution in [2.45, 2.75) is 18.3 Å². The van der Waals surface area contributed by atoms with Gasteiger partial charge in [-0.25, -0.2) is 0 Å². The van der Waals surface area contributed by atoms with E-state index in [1.165, 1.54) is 11.7 Å². The molecule has 6 nitrogen and oxygen atoms in total. The zero-order valence-electron chi connectivity index (χ0n) is 11.4. The second kappa shape index (κ2) is 4.70. The van der Waals surface area contributed by atoms with E-state index in [0.29, 0.717) is 25.5 Å². The molecular weight excluding hydrogens is 289 g/mol. The molecule has 21 heavy (non-hydrogen) atoms. The minimum Gasteiger partial charge on any atom is -0.377 e. The lowest BCUT2D eigenvalue weighted by atomic mass is 9.92. The van der Waals surface area contributed by atoms with Gasteiger partial charge in [0.2, 0.25) is 5.91 Å². The Hall–Kier alpha value is -1.61. The molecule has 0 saturated carbocycles. The number of piperazine rings is 1. The van der Waals surface area contributed by atoms with Crippen molar-refractivity contribution in [3.63, 3.8) is 0 Å². The standard InChI is InChI=1S/C12H15F3N4O2/c1-18-8(2-9(17-18)12(13,14)15)3-19-4-10(20)16-5-11(19)6-21-7-11/h2H,3-7H2,1H3,(H,16,20). The Labute approximate surface area is 118 Å². The summed E-state index contributed by atoms with van der Waals surface area (Å²) in [7, 11) is 1.47. The van der Waals surface area contributed by atoms with E-state index in [1.54, 1.807) is 0 Å². The van der Waals surface area contributed by atoms with Crippen molar-refractivity contribution >= 4 is 5.91 Å². The van der Waals surface area contributed by atoms with Gasteiger partial charge in [0, 0.05) is 20.1 Å². The van der Waals surface area contributed by atoms with Crippen molar-refractivity contribution in [1.29, 1.82) is 0 Å². The van der Waals surface area contributed by atoms with Crippen LogP contribution >= 0.6 is 0 Å². The summed E-state index contributed by atoms with van der Waals surface area (Å²) in [5, 5.41) is 6.26. The molecule has 0 aliphatic carbocycles. The van der Waals surface area contributed by atoms with Crippen LogP contribution in [0.5, 0.6) is 0 Å². The van der Waals surface area contributed by atoms with E-state index in [9.17, 15) is 18.0 Å². The number of carbonyl (C=O) groups is 1. The summed E-state index contributed by atoms with van der Waals surface area (Å²) < 4.78 is 44.5. The number of amides is 1. The molecule has 1 spiro atoms. The fourth-order valence-electron chi connectivity index (χ4n) is 2.61. The Morgan fingerprint density at radius 3 is 2.71 bits per heavy atom. The third-order valence-corrected chi connectivity index (χ3v) is 3.98. The number of hydrogen-bond acceptors (Lipinski definition) is 4. The number of nitrogens with one attached hydrogen (secondary N) is 1. The molecule has 0 bridgehead atoms. The van der Waals surface area contributed by atoms with E-state index in [-0.39, 0.29) is 24.5 Å². The van der Waals surface area contributed by atoms with Crippen LogP contribution in [0.2, 0.25) is 0 Å². The molecule has 1 N–H and O–H groups in total. The summed E-state index contributed by atoms with van der Waals surface area (Å²) in [6.07, 6.45) is -4.47. The smallest absolute Gasteiger partial charge is 0.377 e. The average Bonchev–Trinajstić information content (AvgIpc) is 2.69. The third-order valence-electron chi connectivity index (χ3n) is 3.98. The number of halogens is 3. The highest BCUT2D eigenvalue weighted by atomic mass is 19.4. The molecular formula is C12H15F3N4O2. The molecule has 1 aromatic heterocycles. The predicted octanol–water partition coefficient (Wildman–Crippen LogP) is 0.140. The summed E-state index contributed by atoms with van der Waals surface area (Å²) in [5.74, 6) is -0.134. The number of ether oxygens (including phenoxy) is 1. The molecule has 2 aliphatic rings. The Morgan fingerprint density at radius 2 is 2.19 bits per heavy atom. The molecule has 1 aromatic rings. The number of nitrogens with zero attached hydrogens (tertiary/aromatic N) is 3. The molecule has 116 valence electrons. The molecule has 0 unspecified atom stereocenters. The number of rotatable bonds is 2. The summed E-state index contributed by atoms with van der Waals surface area (Å²) in [6, 6.07) is 1.03. The summed E-state index contributed by atoms with van der Waals surface area (Å²) in [4.78, 5) is 13.4. The largest absolute Gasteiger partial charge is 0.435 e. The topological polar surface area (TPSA) is 59.4 Å². The van der Waals surface area contributed by atoms with Crippen LogP contribution in [-0.4, -0.2) is 52.4 Å². The van der Waals surface area contributed by atoms with Gasteiger partial charge in [0.15, 0.2) is 5.69 Å². The molecule has 9 heteroatoms. The van der Waals surface area contributed by atoms with Gasteiger partial charge in [-0.05, 0) is 6.07 Å². The van der Waals surface area contributed by atoms with Crippen LogP contribution in [0.3, 0.4) is 0 Å². The van der Waals surface area contributed by atoms with Crippen molar-refractivity contribution in [2.75, 3.05) is 26.3 Å². The van der Waals surface area contributed by atoms with Crippen molar-refractivity contribution < 1.29 is 22.7 Å². The minimum atomic E-state index is -4.47. The predicted molar refractivity (Wildman–Crippen MR) is 65.2 cm³/mol. The normalized spacial score (nSPS) is 22.2. The monoisotopic (exact) mass is 304 g/mol. The first-order valence-corrected chi connectivity index (χ1v) is 6.50. The lowest BCUT2D eigenvalue weighted by Gasteiger charge is -2.51. The van der Waals surface area contributed by atoms with E-state index in [0.717, 1.165) is 6.07 Å². The lowest BCUT2D eigenvalue weighted by Crippen LogP contribution is -2.71. The van der Waals surface area contributed by atoms with Crippen LogP contribution in [0.15, 0.2) is 6.07 Å². The second-order valence-electron chi connectivity index (χ2n) is 5.49. The molecule has 2 aliphatic heterocycles. The van der Waals surface area contributed by atoms with Gasteiger partial charge in [0.25, 0.3) is 0 Å². The molecule has 3 heterocycles. The molecule has 0 radical (unpaired) electrons. The van der Waals surface area contributed by atoms with E-state index in [1.807, 2.05) is 4.90 Å². The van der Waals surface area contributed by atoms with Crippen LogP contribution < -0.4 is 5.32 Å². The van der Waals surface area contributed by atoms with Crippen molar-refractivity contribution in [1.82, 2.24) is 20.0 Å². The zero-order valence-corrected chi connectivity index (χ0v) is 11.4. The first kappa shape index (κ1) is 14.3. The highest BCUT2D eigenvalue weighted by Gasteiger charge is 2.47. The molecule has 1 amide bonds. The maximum absolute atomic E-state index is 12.7. The molecule has 3 rings (SSSR count). The summed E-state index contributed by atoms with van der Waals surface area (Å²) in [6.45, 7) is 1.77. The summed E-state index contributed by atoms with van der Waals surface area (Å²) in [5.41, 5.74) is -0.806. The minimum absolute atomic E-state index is 0.134. The first-order chi connectivity index (χ1) is 9.80. The van der Waals surface area contributed by atoms with Gasteiger partial charge in [0.1, 0.15) is 0 Å². The van der Waals surface area contributed by atoms with Gasteiger partial charge >= 0.3 is 6.18 Å². The first-order valence-electron chi connectivity index (χ1n) is 6.50. The van der Waals surface area contributed by atoms with Crippen molar-refractivity contribution in [3.05, 3.63) is 17.5 Å². The highest BCUT2D eigenvalue weighted by Crippen LogP contribution is 2.31. The fraction of sp³-hybridized carbons (Fsp3) is 0.667. The SMILES string of the molecule is Cn1nc(C(F)(F)F)cc1CN1CC(=O)NCC12COC2. The number of alkyl halides is 3. The average molecular weight is 304 g/mol. The van der Waals surface area contributed by atoms with Crippen molar-refractivity contribution in [3.8, 4) is 0 Å². The van der Waals surface area contributed by atoms with Gasteiger partial charge in [-0.15, -0.1) is 0 Å². The quantitative estimate of drug-likeness (QED) is 0.844. The maximum atomic E-state index is 12.7. The van der Waals surface area contributed by atoms with E-state index in [4.69, 9.17) is 4.74 Å². The van der Waals surface area contributed by atoms with E-state index < -0.39 is 11.9 Å². The zero-order chi connectivity index (χ0) is 15.3. The van der Waals surface area contributed by atoms with Gasteiger partial charge in [-0.2, -0.15) is 18.3 Å². The molecule has 0 atom stereocenters. The van der Waals surface area contributed by atoms with Crippen LogP contribution in [0, 0.1) is 0 Å². The van der Waals surface area contributed by atoms with Gasteiger partial charge < -0.3 is 10.1 Å². The van der Waals surface area contributed by atoms with Gasteiger partial charge in [-0.1, -0.05) is 0 Å². The van der Waals surface area contributed by atoms with Crippen LogP contribution in [-0.2, 0) is 29.3 Å². The van der Waals surface area contributed by atoms with E-state index in [2.05, 4.69) is 10.4 Å². The number of aromatic nitrogens is 2. The summed E-state index contributed by atoms with van der Waals surface area (Å²) >= 11 is 0. The molecule has 2 fully saturated rings. The maximum Gasteiger partial charge on any atom is 0.435 e. The van der Waals surface area contributed by atoms with Crippen LogP contribution in [0.4, 0.5) is 13.2 Å². The Bertz CT molecular complexity index is 565. The van der Waals surface area contributed by atoms with Crippen molar-refractivity contribution in [2.24, 2.45) is 7.05 Å². The van der Waals surface area contributed by atoms with Crippen LogP contribution in [0.1, 0.15) is 11.4 Å². The van der Waals surface area contributed by atoms with Gasteiger partial charge in [0.05, 0.1) is 31.0 Å². The highest BCUT2D eigenvalue weighted by molar-refractivity contribution is 5.79. The molecule has 0 aromatic carbocycles. The third kappa shape index (κ3) is 2.51. The van der Waals surface area contributed by atoms with E-state index >= 15 is 0 Å². The Morgan fingerprint density at radius 1 is 1.48 bits per heavy atom. The Kier molecular flexibility index (Phi) is 3.21. The molecule has 2 saturated heterocycles.